The minimum atomic E-state index is 0.106. The molecule has 2 rings (SSSR count). The molecule has 0 bridgehead atoms. The normalized spacial score (nSPS) is 13.4. The van der Waals surface area contributed by atoms with Gasteiger partial charge >= 0.3 is 0 Å². The molecule has 1 unspecified atom stereocenters. The van der Waals surface area contributed by atoms with Gasteiger partial charge in [0, 0.05) is 6.54 Å². The molecule has 0 aliphatic rings. The van der Waals surface area contributed by atoms with Gasteiger partial charge in [-0.15, -0.1) is 5.10 Å². The van der Waals surface area contributed by atoms with E-state index in [1.807, 2.05) is 17.9 Å². The molecular formula is C17H26N4. The first kappa shape index (κ1) is 15.7. The summed E-state index contributed by atoms with van der Waals surface area (Å²) in [5.41, 5.74) is 3.88. The summed E-state index contributed by atoms with van der Waals surface area (Å²) in [5.74, 6) is 0. The van der Waals surface area contributed by atoms with Crippen LogP contribution in [0.1, 0.15) is 57.0 Å². The molecule has 4 nitrogen and oxygen atoms in total. The van der Waals surface area contributed by atoms with E-state index in [0.29, 0.717) is 0 Å². The molecule has 114 valence electrons. The summed E-state index contributed by atoms with van der Waals surface area (Å²) in [6.07, 6.45) is 2.92. The second kappa shape index (κ2) is 6.39. The molecule has 0 radical (unpaired) electrons. The first-order valence-corrected chi connectivity index (χ1v) is 7.64. The first-order chi connectivity index (χ1) is 9.99. The van der Waals surface area contributed by atoms with Crippen LogP contribution in [-0.2, 0) is 12.0 Å². The van der Waals surface area contributed by atoms with Crippen molar-refractivity contribution in [2.75, 3.05) is 7.05 Å². The summed E-state index contributed by atoms with van der Waals surface area (Å²) in [6.45, 7) is 9.80. The minimum absolute atomic E-state index is 0.106. The third-order valence-electron chi connectivity index (χ3n) is 3.75. The zero-order valence-corrected chi connectivity index (χ0v) is 13.7. The molecule has 0 amide bonds. The lowest BCUT2D eigenvalue weighted by Gasteiger charge is -2.27. The Hall–Kier alpha value is -1.68. The highest BCUT2D eigenvalue weighted by molar-refractivity contribution is 5.38. The molecule has 2 aromatic rings. The predicted molar refractivity (Wildman–Crippen MR) is 86.4 cm³/mol. The predicted octanol–water partition coefficient (Wildman–Crippen LogP) is 3.29. The van der Waals surface area contributed by atoms with E-state index in [9.17, 15) is 0 Å². The maximum Gasteiger partial charge on any atom is 0.0802 e. The molecule has 1 atom stereocenters. The van der Waals surface area contributed by atoms with Crippen LogP contribution in [-0.4, -0.2) is 22.0 Å². The monoisotopic (exact) mass is 286 g/mol. The Morgan fingerprint density at radius 2 is 1.95 bits per heavy atom. The smallest absolute Gasteiger partial charge is 0.0802 e. The molecule has 1 aromatic heterocycles. The highest BCUT2D eigenvalue weighted by atomic mass is 15.4. The largest absolute Gasteiger partial charge is 0.308 e. The highest BCUT2D eigenvalue weighted by Crippen LogP contribution is 2.32. The maximum absolute atomic E-state index is 4.22. The van der Waals surface area contributed by atoms with Crippen LogP contribution in [0.2, 0.25) is 0 Å². The summed E-state index contributed by atoms with van der Waals surface area (Å²) in [7, 11) is 1.99. The molecule has 21 heavy (non-hydrogen) atoms. The Labute approximate surface area is 127 Å². The fourth-order valence-corrected chi connectivity index (χ4v) is 2.77. The summed E-state index contributed by atoms with van der Waals surface area (Å²) >= 11 is 0. The van der Waals surface area contributed by atoms with E-state index in [0.717, 1.165) is 18.7 Å². The third kappa shape index (κ3) is 3.32. The Morgan fingerprint density at radius 1 is 1.24 bits per heavy atom. The Morgan fingerprint density at radius 3 is 2.57 bits per heavy atom. The molecular weight excluding hydrogens is 260 g/mol. The number of nitrogens with one attached hydrogen (secondary N) is 1. The lowest BCUT2D eigenvalue weighted by molar-refractivity contribution is 0.512. The third-order valence-corrected chi connectivity index (χ3v) is 3.75. The van der Waals surface area contributed by atoms with Gasteiger partial charge in [0.1, 0.15) is 0 Å². The molecule has 0 spiro atoms. The minimum Gasteiger partial charge on any atom is -0.308 e. The van der Waals surface area contributed by atoms with Crippen LogP contribution in [0, 0.1) is 0 Å². The average molecular weight is 286 g/mol. The molecule has 0 saturated heterocycles. The zero-order chi connectivity index (χ0) is 15.5. The Balaban J connectivity index is 2.50. The molecule has 0 aliphatic carbocycles. The van der Waals surface area contributed by atoms with Gasteiger partial charge in [0.15, 0.2) is 0 Å². The topological polar surface area (TPSA) is 42.7 Å². The SMILES string of the molecule is CCCn1nncc1C(NC)c1ccccc1C(C)(C)C. The van der Waals surface area contributed by atoms with Crippen LogP contribution >= 0.6 is 0 Å². The van der Waals surface area contributed by atoms with E-state index >= 15 is 0 Å². The van der Waals surface area contributed by atoms with Gasteiger partial charge in [-0.05, 0) is 30.0 Å². The molecule has 0 aliphatic heterocycles. The molecule has 4 heteroatoms. The zero-order valence-electron chi connectivity index (χ0n) is 13.7. The molecule has 1 aromatic carbocycles. The summed E-state index contributed by atoms with van der Waals surface area (Å²) in [4.78, 5) is 0. The Kier molecular flexibility index (Phi) is 4.78. The van der Waals surface area contributed by atoms with Gasteiger partial charge in [0.05, 0.1) is 17.9 Å². The number of benzene rings is 1. The van der Waals surface area contributed by atoms with E-state index in [-0.39, 0.29) is 11.5 Å². The first-order valence-electron chi connectivity index (χ1n) is 7.64. The van der Waals surface area contributed by atoms with Gasteiger partial charge in [-0.3, -0.25) is 0 Å². The van der Waals surface area contributed by atoms with Crippen LogP contribution in [0.4, 0.5) is 0 Å². The highest BCUT2D eigenvalue weighted by Gasteiger charge is 2.24. The van der Waals surface area contributed by atoms with Crippen LogP contribution in [0.25, 0.3) is 0 Å². The van der Waals surface area contributed by atoms with Gasteiger partial charge < -0.3 is 5.32 Å². The Bertz CT molecular complexity index is 580. The van der Waals surface area contributed by atoms with Crippen molar-refractivity contribution in [1.82, 2.24) is 20.3 Å². The van der Waals surface area contributed by atoms with E-state index in [1.54, 1.807) is 0 Å². The van der Waals surface area contributed by atoms with E-state index < -0.39 is 0 Å². The number of hydrogen-bond donors (Lipinski definition) is 1. The van der Waals surface area contributed by atoms with Crippen LogP contribution in [0.15, 0.2) is 30.5 Å². The molecule has 1 N–H and O–H groups in total. The van der Waals surface area contributed by atoms with E-state index in [2.05, 4.69) is 67.6 Å². The van der Waals surface area contributed by atoms with Crippen molar-refractivity contribution >= 4 is 0 Å². The van der Waals surface area contributed by atoms with Crippen molar-refractivity contribution < 1.29 is 0 Å². The van der Waals surface area contributed by atoms with Crippen LogP contribution < -0.4 is 5.32 Å². The fraction of sp³-hybridized carbons (Fsp3) is 0.529. The van der Waals surface area contributed by atoms with Crippen LogP contribution in [0.3, 0.4) is 0 Å². The van der Waals surface area contributed by atoms with Crippen LogP contribution in [0.5, 0.6) is 0 Å². The molecule has 1 heterocycles. The lowest BCUT2D eigenvalue weighted by Crippen LogP contribution is -2.25. The quantitative estimate of drug-likeness (QED) is 0.917. The summed E-state index contributed by atoms with van der Waals surface area (Å²) in [5, 5.41) is 11.7. The average Bonchev–Trinajstić information content (AvgIpc) is 2.88. The van der Waals surface area contributed by atoms with Crippen molar-refractivity contribution in [1.29, 1.82) is 0 Å². The maximum atomic E-state index is 4.22. The van der Waals surface area contributed by atoms with E-state index in [4.69, 9.17) is 0 Å². The van der Waals surface area contributed by atoms with E-state index in [1.165, 1.54) is 11.1 Å². The molecule has 0 fully saturated rings. The summed E-state index contributed by atoms with van der Waals surface area (Å²) < 4.78 is 2.00. The van der Waals surface area contributed by atoms with Crippen molar-refractivity contribution in [3.05, 3.63) is 47.3 Å². The van der Waals surface area contributed by atoms with Crippen molar-refractivity contribution in [3.63, 3.8) is 0 Å². The van der Waals surface area contributed by atoms with Crippen molar-refractivity contribution in [3.8, 4) is 0 Å². The van der Waals surface area contributed by atoms with Gasteiger partial charge in [-0.2, -0.15) is 0 Å². The lowest BCUT2D eigenvalue weighted by atomic mass is 9.81. The molecule has 0 saturated carbocycles. The van der Waals surface area contributed by atoms with Gasteiger partial charge in [0.25, 0.3) is 0 Å². The van der Waals surface area contributed by atoms with Gasteiger partial charge in [-0.1, -0.05) is 57.2 Å². The number of aryl methyl sites for hydroxylation is 1. The standard InChI is InChI=1S/C17H26N4/c1-6-11-21-15(12-19-20-21)16(18-5)13-9-7-8-10-14(13)17(2,3)4/h7-10,12,16,18H,6,11H2,1-5H3. The van der Waals surface area contributed by atoms with Gasteiger partial charge in [-0.25, -0.2) is 4.68 Å². The second-order valence-corrected chi connectivity index (χ2v) is 6.44. The van der Waals surface area contributed by atoms with Crippen molar-refractivity contribution in [2.45, 2.75) is 52.1 Å². The number of aromatic nitrogens is 3. The number of rotatable bonds is 5. The van der Waals surface area contributed by atoms with Crippen molar-refractivity contribution in [2.24, 2.45) is 0 Å². The number of hydrogen-bond acceptors (Lipinski definition) is 3. The van der Waals surface area contributed by atoms with Gasteiger partial charge in [0.2, 0.25) is 0 Å². The number of nitrogens with zero attached hydrogens (tertiary/aromatic N) is 3. The second-order valence-electron chi connectivity index (χ2n) is 6.44. The fourth-order valence-electron chi connectivity index (χ4n) is 2.77. The summed E-state index contributed by atoms with van der Waals surface area (Å²) in [6, 6.07) is 8.74.